The Bertz CT molecular complexity index is 617. The molecule has 1 amide bonds. The number of halogens is 2. The summed E-state index contributed by atoms with van der Waals surface area (Å²) in [7, 11) is 1.73. The SMILES string of the molecule is CNc1cc(C(=O)Nc2cc(Cl)ccc2Cl)ccn1. The van der Waals surface area contributed by atoms with E-state index in [2.05, 4.69) is 15.6 Å². The Balaban J connectivity index is 2.22. The number of amides is 1. The fourth-order valence-electron chi connectivity index (χ4n) is 1.50. The van der Waals surface area contributed by atoms with Gasteiger partial charge in [0.05, 0.1) is 10.7 Å². The number of hydrogen-bond acceptors (Lipinski definition) is 3. The van der Waals surface area contributed by atoms with E-state index in [0.29, 0.717) is 27.1 Å². The van der Waals surface area contributed by atoms with Gasteiger partial charge in [0.15, 0.2) is 0 Å². The monoisotopic (exact) mass is 295 g/mol. The van der Waals surface area contributed by atoms with Crippen LogP contribution < -0.4 is 10.6 Å². The number of carbonyl (C=O) groups is 1. The van der Waals surface area contributed by atoms with E-state index >= 15 is 0 Å². The first-order valence-corrected chi connectivity index (χ1v) is 6.26. The predicted octanol–water partition coefficient (Wildman–Crippen LogP) is 3.68. The molecule has 0 bridgehead atoms. The smallest absolute Gasteiger partial charge is 0.255 e. The Labute approximate surface area is 120 Å². The van der Waals surface area contributed by atoms with Crippen molar-refractivity contribution in [1.82, 2.24) is 4.98 Å². The van der Waals surface area contributed by atoms with Gasteiger partial charge >= 0.3 is 0 Å². The van der Waals surface area contributed by atoms with Gasteiger partial charge < -0.3 is 10.6 Å². The lowest BCUT2D eigenvalue weighted by molar-refractivity contribution is 0.102. The largest absolute Gasteiger partial charge is 0.373 e. The zero-order chi connectivity index (χ0) is 13.8. The molecule has 0 saturated heterocycles. The van der Waals surface area contributed by atoms with Gasteiger partial charge in [-0.15, -0.1) is 0 Å². The van der Waals surface area contributed by atoms with Crippen molar-refractivity contribution in [3.63, 3.8) is 0 Å². The Morgan fingerprint density at radius 3 is 2.74 bits per heavy atom. The lowest BCUT2D eigenvalue weighted by Crippen LogP contribution is -2.12. The molecule has 1 aromatic heterocycles. The third-order valence-electron chi connectivity index (χ3n) is 2.45. The van der Waals surface area contributed by atoms with E-state index in [1.165, 1.54) is 0 Å². The molecule has 6 heteroatoms. The summed E-state index contributed by atoms with van der Waals surface area (Å²) in [5, 5.41) is 6.51. The summed E-state index contributed by atoms with van der Waals surface area (Å²) in [6.45, 7) is 0. The number of nitrogens with zero attached hydrogens (tertiary/aromatic N) is 1. The van der Waals surface area contributed by atoms with Gasteiger partial charge in [-0.2, -0.15) is 0 Å². The Hall–Kier alpha value is -1.78. The highest BCUT2D eigenvalue weighted by molar-refractivity contribution is 6.35. The van der Waals surface area contributed by atoms with Gasteiger partial charge in [0.2, 0.25) is 0 Å². The Kier molecular flexibility index (Phi) is 4.24. The van der Waals surface area contributed by atoms with E-state index in [-0.39, 0.29) is 5.91 Å². The second-order valence-corrected chi connectivity index (χ2v) is 4.60. The lowest BCUT2D eigenvalue weighted by Gasteiger charge is -2.08. The van der Waals surface area contributed by atoms with Crippen LogP contribution in [0.5, 0.6) is 0 Å². The zero-order valence-electron chi connectivity index (χ0n) is 10.1. The first-order valence-electron chi connectivity index (χ1n) is 5.50. The first kappa shape index (κ1) is 13.6. The van der Waals surface area contributed by atoms with Crippen molar-refractivity contribution in [2.24, 2.45) is 0 Å². The van der Waals surface area contributed by atoms with Gasteiger partial charge in [-0.3, -0.25) is 4.79 Å². The number of hydrogen-bond donors (Lipinski definition) is 2. The van der Waals surface area contributed by atoms with Crippen molar-refractivity contribution in [3.05, 3.63) is 52.1 Å². The molecule has 0 spiro atoms. The van der Waals surface area contributed by atoms with Crippen molar-refractivity contribution in [2.45, 2.75) is 0 Å². The molecular weight excluding hydrogens is 285 g/mol. The average molecular weight is 296 g/mol. The highest BCUT2D eigenvalue weighted by Gasteiger charge is 2.09. The molecule has 1 heterocycles. The minimum atomic E-state index is -0.275. The number of pyridine rings is 1. The maximum Gasteiger partial charge on any atom is 0.255 e. The predicted molar refractivity (Wildman–Crippen MR) is 78.2 cm³/mol. The minimum absolute atomic E-state index is 0.275. The van der Waals surface area contributed by atoms with Crippen LogP contribution >= 0.6 is 23.2 Å². The number of anilines is 2. The Morgan fingerprint density at radius 2 is 2.00 bits per heavy atom. The van der Waals surface area contributed by atoms with Gasteiger partial charge in [0.25, 0.3) is 5.91 Å². The molecule has 0 atom stereocenters. The summed E-state index contributed by atoms with van der Waals surface area (Å²) < 4.78 is 0. The van der Waals surface area contributed by atoms with Gasteiger partial charge in [0, 0.05) is 23.8 Å². The summed E-state index contributed by atoms with van der Waals surface area (Å²) in [6, 6.07) is 8.15. The second kappa shape index (κ2) is 5.91. The van der Waals surface area contributed by atoms with Gasteiger partial charge in [-0.1, -0.05) is 23.2 Å². The maximum atomic E-state index is 12.1. The summed E-state index contributed by atoms with van der Waals surface area (Å²) in [4.78, 5) is 16.1. The quantitative estimate of drug-likeness (QED) is 0.908. The molecule has 0 aliphatic heterocycles. The minimum Gasteiger partial charge on any atom is -0.373 e. The molecule has 0 aliphatic carbocycles. The summed E-state index contributed by atoms with van der Waals surface area (Å²) >= 11 is 11.9. The molecule has 19 heavy (non-hydrogen) atoms. The first-order chi connectivity index (χ1) is 9.10. The van der Waals surface area contributed by atoms with Gasteiger partial charge in [-0.05, 0) is 30.3 Å². The van der Waals surface area contributed by atoms with E-state index < -0.39 is 0 Å². The van der Waals surface area contributed by atoms with E-state index in [1.807, 2.05) is 0 Å². The lowest BCUT2D eigenvalue weighted by atomic mass is 10.2. The molecule has 0 aliphatic rings. The fraction of sp³-hybridized carbons (Fsp3) is 0.0769. The van der Waals surface area contributed by atoms with E-state index in [0.717, 1.165) is 0 Å². The summed E-state index contributed by atoms with van der Waals surface area (Å²) in [5.41, 5.74) is 0.956. The average Bonchev–Trinajstić information content (AvgIpc) is 2.43. The highest BCUT2D eigenvalue weighted by Crippen LogP contribution is 2.25. The normalized spacial score (nSPS) is 10.1. The molecule has 0 saturated carbocycles. The number of aromatic nitrogens is 1. The molecule has 2 N–H and O–H groups in total. The van der Waals surface area contributed by atoms with Crippen molar-refractivity contribution >= 4 is 40.6 Å². The molecule has 1 aromatic carbocycles. The van der Waals surface area contributed by atoms with E-state index in [4.69, 9.17) is 23.2 Å². The zero-order valence-corrected chi connectivity index (χ0v) is 11.6. The second-order valence-electron chi connectivity index (χ2n) is 3.76. The molecule has 0 radical (unpaired) electrons. The van der Waals surface area contributed by atoms with Crippen molar-refractivity contribution in [2.75, 3.05) is 17.7 Å². The van der Waals surface area contributed by atoms with Crippen molar-refractivity contribution in [3.8, 4) is 0 Å². The molecule has 0 unspecified atom stereocenters. The Morgan fingerprint density at radius 1 is 1.21 bits per heavy atom. The van der Waals surface area contributed by atoms with Gasteiger partial charge in [0.1, 0.15) is 5.82 Å². The van der Waals surface area contributed by atoms with E-state index in [1.54, 1.807) is 43.6 Å². The number of rotatable bonds is 3. The summed E-state index contributed by atoms with van der Waals surface area (Å²) in [5.74, 6) is 0.341. The van der Waals surface area contributed by atoms with Crippen LogP contribution in [0.25, 0.3) is 0 Å². The highest BCUT2D eigenvalue weighted by atomic mass is 35.5. The van der Waals surface area contributed by atoms with Crippen LogP contribution in [0.3, 0.4) is 0 Å². The van der Waals surface area contributed by atoms with Gasteiger partial charge in [-0.25, -0.2) is 4.98 Å². The third kappa shape index (κ3) is 3.36. The molecule has 2 aromatic rings. The van der Waals surface area contributed by atoms with Crippen LogP contribution in [0.1, 0.15) is 10.4 Å². The number of nitrogens with one attached hydrogen (secondary N) is 2. The number of benzene rings is 1. The van der Waals surface area contributed by atoms with E-state index in [9.17, 15) is 4.79 Å². The topological polar surface area (TPSA) is 54.0 Å². The van der Waals surface area contributed by atoms with Crippen molar-refractivity contribution in [1.29, 1.82) is 0 Å². The van der Waals surface area contributed by atoms with Crippen LogP contribution in [-0.4, -0.2) is 17.9 Å². The standard InChI is InChI=1S/C13H11Cl2N3O/c1-16-12-6-8(4-5-17-12)13(19)18-11-7-9(14)2-3-10(11)15/h2-7H,1H3,(H,16,17)(H,18,19). The summed E-state index contributed by atoms with van der Waals surface area (Å²) in [6.07, 6.45) is 1.56. The molecule has 0 fully saturated rings. The van der Waals surface area contributed by atoms with Crippen LogP contribution in [0.4, 0.5) is 11.5 Å². The third-order valence-corrected chi connectivity index (χ3v) is 3.02. The molecule has 2 rings (SSSR count). The van der Waals surface area contributed by atoms with Crippen LogP contribution in [0.15, 0.2) is 36.5 Å². The van der Waals surface area contributed by atoms with Crippen LogP contribution in [-0.2, 0) is 0 Å². The van der Waals surface area contributed by atoms with Crippen LogP contribution in [0, 0.1) is 0 Å². The molecule has 98 valence electrons. The fourth-order valence-corrected chi connectivity index (χ4v) is 1.83. The molecule has 4 nitrogen and oxygen atoms in total. The molecular formula is C13H11Cl2N3O. The van der Waals surface area contributed by atoms with Crippen molar-refractivity contribution < 1.29 is 4.79 Å². The number of carbonyl (C=O) groups excluding carboxylic acids is 1. The van der Waals surface area contributed by atoms with Crippen LogP contribution in [0.2, 0.25) is 10.0 Å². The maximum absolute atomic E-state index is 12.1.